The lowest BCUT2D eigenvalue weighted by atomic mass is 10.1. The van der Waals surface area contributed by atoms with Crippen LogP contribution in [0.25, 0.3) is 0 Å². The van der Waals surface area contributed by atoms with E-state index in [0.29, 0.717) is 5.15 Å². The van der Waals surface area contributed by atoms with Gasteiger partial charge in [0.2, 0.25) is 0 Å². The molecule has 94 valence electrons. The molecule has 0 bridgehead atoms. The van der Waals surface area contributed by atoms with E-state index in [1.807, 2.05) is 18.2 Å². The lowest BCUT2D eigenvalue weighted by Gasteiger charge is -2.07. The van der Waals surface area contributed by atoms with Crippen LogP contribution < -0.4 is 0 Å². The minimum Gasteiger partial charge on any atom is -0.236 e. The molecule has 0 radical (unpaired) electrons. The molecule has 0 unspecified atom stereocenters. The Bertz CT molecular complexity index is 529. The van der Waals surface area contributed by atoms with Crippen LogP contribution in [-0.2, 0) is 12.8 Å². The fourth-order valence-corrected chi connectivity index (χ4v) is 2.49. The van der Waals surface area contributed by atoms with Gasteiger partial charge in [0.25, 0.3) is 0 Å². The summed E-state index contributed by atoms with van der Waals surface area (Å²) in [6.07, 6.45) is 2.74. The number of benzene rings is 1. The quantitative estimate of drug-likeness (QED) is 0.591. The van der Waals surface area contributed by atoms with E-state index in [4.69, 9.17) is 11.6 Å². The number of aromatic nitrogens is 2. The summed E-state index contributed by atoms with van der Waals surface area (Å²) in [5, 5.41) is 0.569. The maximum atomic E-state index is 6.16. The Labute approximate surface area is 126 Å². The summed E-state index contributed by atoms with van der Waals surface area (Å²) in [6, 6.07) is 10.2. The van der Waals surface area contributed by atoms with E-state index in [2.05, 4.69) is 51.6 Å². The lowest BCUT2D eigenvalue weighted by molar-refractivity contribution is 0.833. The highest BCUT2D eigenvalue weighted by molar-refractivity contribution is 14.1. The van der Waals surface area contributed by atoms with Crippen LogP contribution in [0.15, 0.2) is 30.3 Å². The highest BCUT2D eigenvalue weighted by atomic mass is 127. The molecule has 0 saturated carbocycles. The van der Waals surface area contributed by atoms with Crippen molar-refractivity contribution in [2.75, 3.05) is 0 Å². The van der Waals surface area contributed by atoms with E-state index in [-0.39, 0.29) is 0 Å². The van der Waals surface area contributed by atoms with E-state index in [0.717, 1.165) is 34.4 Å². The molecule has 1 heterocycles. The van der Waals surface area contributed by atoms with E-state index < -0.39 is 0 Å². The van der Waals surface area contributed by atoms with Gasteiger partial charge < -0.3 is 0 Å². The Morgan fingerprint density at radius 1 is 1.17 bits per heavy atom. The van der Waals surface area contributed by atoms with Gasteiger partial charge in [-0.15, -0.1) is 0 Å². The summed E-state index contributed by atoms with van der Waals surface area (Å²) < 4.78 is 0.980. The van der Waals surface area contributed by atoms with Crippen LogP contribution in [0.2, 0.25) is 5.15 Å². The van der Waals surface area contributed by atoms with Gasteiger partial charge in [-0.05, 0) is 34.6 Å². The van der Waals surface area contributed by atoms with Crippen molar-refractivity contribution in [3.05, 3.63) is 56.1 Å². The molecule has 2 rings (SSSR count). The number of rotatable bonds is 4. The molecule has 1 aromatic carbocycles. The van der Waals surface area contributed by atoms with Gasteiger partial charge in [-0.1, -0.05) is 55.3 Å². The normalized spacial score (nSPS) is 10.6. The van der Waals surface area contributed by atoms with E-state index in [9.17, 15) is 0 Å². The first kappa shape index (κ1) is 13.7. The predicted molar refractivity (Wildman–Crippen MR) is 83.0 cm³/mol. The Morgan fingerprint density at radius 2 is 1.89 bits per heavy atom. The second kappa shape index (κ2) is 6.48. The molecule has 1 aromatic heterocycles. The van der Waals surface area contributed by atoms with Gasteiger partial charge in [-0.2, -0.15) is 0 Å². The smallest absolute Gasteiger partial charge is 0.146 e. The number of halogens is 2. The van der Waals surface area contributed by atoms with Gasteiger partial charge in [0.15, 0.2) is 0 Å². The molecule has 0 aliphatic heterocycles. The molecule has 2 aromatic rings. The van der Waals surface area contributed by atoms with Crippen LogP contribution in [0, 0.1) is 3.57 Å². The number of hydrogen-bond donors (Lipinski definition) is 0. The fraction of sp³-hybridized carbons (Fsp3) is 0.286. The van der Waals surface area contributed by atoms with Crippen molar-refractivity contribution >= 4 is 34.2 Å². The van der Waals surface area contributed by atoms with Crippen molar-refractivity contribution in [3.63, 3.8) is 0 Å². The Hall–Kier alpha value is -0.680. The summed E-state index contributed by atoms with van der Waals surface area (Å²) in [6.45, 7) is 2.14. The first-order valence-corrected chi connectivity index (χ1v) is 7.41. The molecule has 0 saturated heterocycles. The van der Waals surface area contributed by atoms with Crippen molar-refractivity contribution in [1.82, 2.24) is 9.97 Å². The van der Waals surface area contributed by atoms with Crippen LogP contribution in [0.3, 0.4) is 0 Å². The van der Waals surface area contributed by atoms with Crippen molar-refractivity contribution < 1.29 is 0 Å². The van der Waals surface area contributed by atoms with Gasteiger partial charge in [0.05, 0.1) is 9.26 Å². The summed E-state index contributed by atoms with van der Waals surface area (Å²) in [7, 11) is 0. The minimum absolute atomic E-state index is 0.569. The molecule has 18 heavy (non-hydrogen) atoms. The Kier molecular flexibility index (Phi) is 4.95. The molecule has 0 fully saturated rings. The summed E-state index contributed by atoms with van der Waals surface area (Å²) in [5.41, 5.74) is 2.27. The zero-order chi connectivity index (χ0) is 13.0. The molecular weight excluding hydrogens is 359 g/mol. The number of hydrogen-bond acceptors (Lipinski definition) is 2. The second-order valence-electron chi connectivity index (χ2n) is 4.10. The third kappa shape index (κ3) is 3.42. The molecule has 0 aliphatic carbocycles. The largest absolute Gasteiger partial charge is 0.236 e. The molecule has 2 nitrogen and oxygen atoms in total. The maximum absolute atomic E-state index is 6.16. The van der Waals surface area contributed by atoms with Gasteiger partial charge in [0.1, 0.15) is 11.0 Å². The number of nitrogens with zero attached hydrogens (tertiary/aromatic N) is 2. The average molecular weight is 373 g/mol. The van der Waals surface area contributed by atoms with Crippen LogP contribution in [-0.4, -0.2) is 9.97 Å². The zero-order valence-corrected chi connectivity index (χ0v) is 13.1. The van der Waals surface area contributed by atoms with Crippen LogP contribution in [0.1, 0.15) is 30.4 Å². The lowest BCUT2D eigenvalue weighted by Crippen LogP contribution is -2.04. The highest BCUT2D eigenvalue weighted by Crippen LogP contribution is 2.21. The first-order chi connectivity index (χ1) is 8.70. The standard InChI is InChI=1S/C14H14ClIN2/c1-2-6-11-13(16)14(15)18-12(17-11)9-10-7-4-3-5-8-10/h3-5,7-8H,2,6,9H2,1H3. The highest BCUT2D eigenvalue weighted by Gasteiger charge is 2.10. The zero-order valence-electron chi connectivity index (χ0n) is 10.2. The molecule has 0 aliphatic rings. The van der Waals surface area contributed by atoms with Crippen molar-refractivity contribution in [1.29, 1.82) is 0 Å². The summed E-state index contributed by atoms with van der Waals surface area (Å²) >= 11 is 8.38. The van der Waals surface area contributed by atoms with Crippen LogP contribution in [0.4, 0.5) is 0 Å². The van der Waals surface area contributed by atoms with Crippen LogP contribution in [0.5, 0.6) is 0 Å². The fourth-order valence-electron chi connectivity index (χ4n) is 1.77. The first-order valence-electron chi connectivity index (χ1n) is 5.95. The number of aryl methyl sites for hydroxylation is 1. The van der Waals surface area contributed by atoms with Gasteiger partial charge in [-0.3, -0.25) is 0 Å². The molecule has 0 amide bonds. The van der Waals surface area contributed by atoms with E-state index in [1.54, 1.807) is 0 Å². The predicted octanol–water partition coefficient (Wildman–Crippen LogP) is 4.28. The van der Waals surface area contributed by atoms with Gasteiger partial charge >= 0.3 is 0 Å². The van der Waals surface area contributed by atoms with Crippen molar-refractivity contribution in [2.24, 2.45) is 0 Å². The van der Waals surface area contributed by atoms with E-state index in [1.165, 1.54) is 5.56 Å². The molecular formula is C14H14ClIN2. The summed E-state index contributed by atoms with van der Waals surface area (Å²) in [5.74, 6) is 0.801. The monoisotopic (exact) mass is 372 g/mol. The second-order valence-corrected chi connectivity index (χ2v) is 5.54. The Morgan fingerprint density at radius 3 is 2.56 bits per heavy atom. The van der Waals surface area contributed by atoms with Gasteiger partial charge in [-0.25, -0.2) is 9.97 Å². The van der Waals surface area contributed by atoms with Crippen molar-refractivity contribution in [3.8, 4) is 0 Å². The molecule has 0 N–H and O–H groups in total. The van der Waals surface area contributed by atoms with Crippen molar-refractivity contribution in [2.45, 2.75) is 26.2 Å². The van der Waals surface area contributed by atoms with Crippen LogP contribution >= 0.6 is 34.2 Å². The minimum atomic E-state index is 0.569. The molecule has 0 atom stereocenters. The van der Waals surface area contributed by atoms with E-state index >= 15 is 0 Å². The summed E-state index contributed by atoms with van der Waals surface area (Å²) in [4.78, 5) is 8.97. The average Bonchev–Trinajstić information content (AvgIpc) is 2.37. The topological polar surface area (TPSA) is 25.8 Å². The SMILES string of the molecule is CCCc1nc(Cc2ccccc2)nc(Cl)c1I. The Balaban J connectivity index is 2.28. The maximum Gasteiger partial charge on any atom is 0.146 e. The van der Waals surface area contributed by atoms with Gasteiger partial charge in [0, 0.05) is 6.42 Å². The molecule has 0 spiro atoms. The third-order valence-corrected chi connectivity index (χ3v) is 4.34. The third-order valence-electron chi connectivity index (χ3n) is 2.62. The molecule has 4 heteroatoms.